The van der Waals surface area contributed by atoms with Crippen LogP contribution < -0.4 is 0 Å². The molecule has 0 aliphatic heterocycles. The van der Waals surface area contributed by atoms with Gasteiger partial charge in [0.1, 0.15) is 13.2 Å². The van der Waals surface area contributed by atoms with Crippen molar-refractivity contribution in [2.45, 2.75) is 393 Å². The van der Waals surface area contributed by atoms with Crippen LogP contribution in [0.2, 0.25) is 0 Å². The molecule has 0 unspecified atom stereocenters. The normalized spacial score (nSPS) is 12.0. The zero-order chi connectivity index (χ0) is 53.0. The van der Waals surface area contributed by atoms with Gasteiger partial charge in [0.05, 0.1) is 0 Å². The molecule has 0 aromatic carbocycles. The van der Waals surface area contributed by atoms with Gasteiger partial charge in [0.2, 0.25) is 0 Å². The van der Waals surface area contributed by atoms with Crippen LogP contribution in [0.25, 0.3) is 0 Å². The molecule has 0 fully saturated rings. The van der Waals surface area contributed by atoms with Crippen LogP contribution in [0.15, 0.2) is 0 Å². The molecule has 6 nitrogen and oxygen atoms in total. The highest BCUT2D eigenvalue weighted by Crippen LogP contribution is 2.19. The third-order valence-electron chi connectivity index (χ3n) is 15.5. The smallest absolute Gasteiger partial charge is 0.306 e. The molecule has 0 N–H and O–H groups in total. The van der Waals surface area contributed by atoms with Crippen molar-refractivity contribution in [1.82, 2.24) is 0 Å². The molecule has 0 spiro atoms. The minimum atomic E-state index is -0.763. The zero-order valence-corrected chi connectivity index (χ0v) is 50.1. The van der Waals surface area contributed by atoms with E-state index in [0.29, 0.717) is 19.3 Å². The second-order valence-electron chi connectivity index (χ2n) is 23.6. The minimum Gasteiger partial charge on any atom is -0.462 e. The topological polar surface area (TPSA) is 78.9 Å². The average molecular weight is 1030 g/mol. The number of carbonyl (C=O) groups excluding carboxylic acids is 3. The summed E-state index contributed by atoms with van der Waals surface area (Å²) in [5.41, 5.74) is 0. The molecule has 434 valence electrons. The fourth-order valence-corrected chi connectivity index (χ4v) is 10.5. The van der Waals surface area contributed by atoms with Crippen molar-refractivity contribution in [2.75, 3.05) is 13.2 Å². The van der Waals surface area contributed by atoms with E-state index in [9.17, 15) is 14.4 Å². The van der Waals surface area contributed by atoms with E-state index in [-0.39, 0.29) is 31.1 Å². The van der Waals surface area contributed by atoms with Crippen LogP contribution in [0, 0.1) is 5.92 Å². The van der Waals surface area contributed by atoms with E-state index >= 15 is 0 Å². The van der Waals surface area contributed by atoms with Gasteiger partial charge in [-0.3, -0.25) is 14.4 Å². The van der Waals surface area contributed by atoms with Crippen LogP contribution in [0.4, 0.5) is 0 Å². The second-order valence-corrected chi connectivity index (χ2v) is 23.6. The summed E-state index contributed by atoms with van der Waals surface area (Å²) in [5.74, 6) is 0.0291. The summed E-state index contributed by atoms with van der Waals surface area (Å²) in [6, 6.07) is 0. The predicted molar refractivity (Wildman–Crippen MR) is 317 cm³/mol. The maximum atomic E-state index is 12.9. The Hall–Kier alpha value is -1.59. The van der Waals surface area contributed by atoms with Gasteiger partial charge in [-0.25, -0.2) is 0 Å². The van der Waals surface area contributed by atoms with E-state index in [2.05, 4.69) is 27.7 Å². The monoisotopic (exact) mass is 1030 g/mol. The number of hydrogen-bond acceptors (Lipinski definition) is 6. The lowest BCUT2D eigenvalue weighted by atomic mass is 10.0. The largest absolute Gasteiger partial charge is 0.462 e. The molecule has 0 saturated carbocycles. The molecule has 6 heteroatoms. The molecule has 0 aliphatic rings. The second kappa shape index (κ2) is 61.3. The van der Waals surface area contributed by atoms with Crippen LogP contribution in [-0.4, -0.2) is 37.2 Å². The van der Waals surface area contributed by atoms with Crippen molar-refractivity contribution in [3.63, 3.8) is 0 Å². The van der Waals surface area contributed by atoms with Gasteiger partial charge in [0.25, 0.3) is 0 Å². The van der Waals surface area contributed by atoms with E-state index in [0.717, 1.165) is 63.7 Å². The van der Waals surface area contributed by atoms with Gasteiger partial charge in [0.15, 0.2) is 6.10 Å². The zero-order valence-electron chi connectivity index (χ0n) is 50.1. The van der Waals surface area contributed by atoms with Crippen molar-refractivity contribution in [2.24, 2.45) is 5.92 Å². The van der Waals surface area contributed by atoms with Crippen molar-refractivity contribution >= 4 is 17.9 Å². The van der Waals surface area contributed by atoms with E-state index in [1.54, 1.807) is 0 Å². The summed E-state index contributed by atoms with van der Waals surface area (Å²) < 4.78 is 17.0. The predicted octanol–water partition coefficient (Wildman–Crippen LogP) is 22.5. The highest BCUT2D eigenvalue weighted by Gasteiger charge is 2.19. The van der Waals surface area contributed by atoms with Crippen molar-refractivity contribution in [3.05, 3.63) is 0 Å². The lowest BCUT2D eigenvalue weighted by Gasteiger charge is -2.18. The summed E-state index contributed by atoms with van der Waals surface area (Å²) in [6.07, 6.45) is 69.7. The molecule has 0 saturated heterocycles. The molecule has 0 aromatic rings. The van der Waals surface area contributed by atoms with Gasteiger partial charge in [-0.1, -0.05) is 349 Å². The molecule has 0 bridgehead atoms. The van der Waals surface area contributed by atoms with Crippen molar-refractivity contribution in [3.8, 4) is 0 Å². The number of hydrogen-bond donors (Lipinski definition) is 0. The summed E-state index contributed by atoms with van der Waals surface area (Å²) in [7, 11) is 0. The first-order valence-electron chi connectivity index (χ1n) is 33.4. The minimum absolute atomic E-state index is 0.0608. The fraction of sp³-hybridized carbons (Fsp3) is 0.955. The van der Waals surface area contributed by atoms with E-state index in [1.807, 2.05) is 0 Å². The SMILES string of the molecule is CCCCCCCCCCCCCCCCCCCCCC(=O)OC[C@H](COC(=O)CCCCCCCCCCCCCCCCCCC(C)C)OC(=O)CCCCCCCCCCCCCCCCCCC. The number of carbonyl (C=O) groups is 3. The summed E-state index contributed by atoms with van der Waals surface area (Å²) in [5, 5.41) is 0. The van der Waals surface area contributed by atoms with Crippen LogP contribution in [0.5, 0.6) is 0 Å². The number of esters is 3. The van der Waals surface area contributed by atoms with Gasteiger partial charge in [-0.2, -0.15) is 0 Å². The average Bonchev–Trinajstić information content (AvgIpc) is 3.38. The Morgan fingerprint density at radius 3 is 0.671 bits per heavy atom. The third kappa shape index (κ3) is 61.1. The lowest BCUT2D eigenvalue weighted by molar-refractivity contribution is -0.167. The van der Waals surface area contributed by atoms with Gasteiger partial charge >= 0.3 is 17.9 Å². The first-order valence-corrected chi connectivity index (χ1v) is 33.4. The van der Waals surface area contributed by atoms with E-state index < -0.39 is 6.10 Å². The molecule has 1 atom stereocenters. The Morgan fingerprint density at radius 2 is 0.452 bits per heavy atom. The van der Waals surface area contributed by atoms with Crippen LogP contribution in [0.3, 0.4) is 0 Å². The van der Waals surface area contributed by atoms with Gasteiger partial charge < -0.3 is 14.2 Å². The third-order valence-corrected chi connectivity index (χ3v) is 15.5. The summed E-state index contributed by atoms with van der Waals surface area (Å²) in [6.45, 7) is 9.11. The highest BCUT2D eigenvalue weighted by molar-refractivity contribution is 5.71. The standard InChI is InChI=1S/C67H130O6/c1-5-7-9-11-13-15-17-19-21-23-24-26-30-34-38-42-46-50-54-58-65(68)71-61-64(73-67(70)60-56-52-48-44-40-36-32-25-22-20-18-16-14-12-10-8-6-2)62-72-66(69)59-55-51-47-43-39-35-31-28-27-29-33-37-41-45-49-53-57-63(3)4/h63-64H,5-62H2,1-4H3/t64-/m1/s1. The summed E-state index contributed by atoms with van der Waals surface area (Å²) in [4.78, 5) is 38.4. The molecule has 0 rings (SSSR count). The van der Waals surface area contributed by atoms with Crippen LogP contribution in [0.1, 0.15) is 387 Å². The van der Waals surface area contributed by atoms with E-state index in [1.165, 1.54) is 283 Å². The molecule has 0 aliphatic carbocycles. The molecule has 73 heavy (non-hydrogen) atoms. The molecular weight excluding hydrogens is 901 g/mol. The van der Waals surface area contributed by atoms with Gasteiger partial charge in [-0.05, 0) is 25.2 Å². The quantitative estimate of drug-likeness (QED) is 0.0343. The Kier molecular flexibility index (Phi) is 59.9. The Morgan fingerprint density at radius 1 is 0.260 bits per heavy atom. The molecule has 0 aromatic heterocycles. The van der Waals surface area contributed by atoms with Crippen molar-refractivity contribution in [1.29, 1.82) is 0 Å². The van der Waals surface area contributed by atoms with Crippen molar-refractivity contribution < 1.29 is 28.6 Å². The molecule has 0 amide bonds. The number of ether oxygens (including phenoxy) is 3. The van der Waals surface area contributed by atoms with Crippen LogP contribution >= 0.6 is 0 Å². The Labute approximate surface area is 457 Å². The lowest BCUT2D eigenvalue weighted by Crippen LogP contribution is -2.30. The molecule has 0 radical (unpaired) electrons. The Bertz CT molecular complexity index is 1110. The molecule has 0 heterocycles. The maximum absolute atomic E-state index is 12.9. The first kappa shape index (κ1) is 71.4. The van der Waals surface area contributed by atoms with Crippen LogP contribution in [-0.2, 0) is 28.6 Å². The van der Waals surface area contributed by atoms with Gasteiger partial charge in [-0.15, -0.1) is 0 Å². The number of unbranched alkanes of at least 4 members (excludes halogenated alkanes) is 49. The summed E-state index contributed by atoms with van der Waals surface area (Å²) >= 11 is 0. The highest BCUT2D eigenvalue weighted by atomic mass is 16.6. The maximum Gasteiger partial charge on any atom is 0.306 e. The Balaban J connectivity index is 4.27. The van der Waals surface area contributed by atoms with E-state index in [4.69, 9.17) is 14.2 Å². The first-order chi connectivity index (χ1) is 35.9. The van der Waals surface area contributed by atoms with Gasteiger partial charge in [0, 0.05) is 19.3 Å². The number of rotatable bonds is 62. The molecular formula is C67H130O6. The fourth-order valence-electron chi connectivity index (χ4n) is 10.5.